The van der Waals surface area contributed by atoms with E-state index in [1.807, 2.05) is 69.4 Å². The van der Waals surface area contributed by atoms with Crippen LogP contribution in [0.15, 0.2) is 60.7 Å². The maximum atomic E-state index is 10.6. The Bertz CT molecular complexity index is 971. The van der Waals surface area contributed by atoms with Gasteiger partial charge in [0.05, 0.1) is 24.4 Å². The summed E-state index contributed by atoms with van der Waals surface area (Å²) in [6.45, 7) is 10.6. The van der Waals surface area contributed by atoms with E-state index in [1.54, 1.807) is 4.68 Å². The molecular formula is C27H37N3O3. The van der Waals surface area contributed by atoms with Crippen LogP contribution in [0.2, 0.25) is 0 Å². The fourth-order valence-corrected chi connectivity index (χ4v) is 3.85. The van der Waals surface area contributed by atoms with Crippen molar-refractivity contribution in [2.24, 2.45) is 13.0 Å². The first-order valence-corrected chi connectivity index (χ1v) is 11.7. The molecule has 2 aromatic carbocycles. The summed E-state index contributed by atoms with van der Waals surface area (Å²) in [5.41, 5.74) is 2.94. The molecule has 0 spiro atoms. The molecule has 3 aromatic rings. The van der Waals surface area contributed by atoms with Crippen LogP contribution in [0.4, 0.5) is 0 Å². The molecule has 33 heavy (non-hydrogen) atoms. The second kappa shape index (κ2) is 12.0. The lowest BCUT2D eigenvalue weighted by Gasteiger charge is -2.27. The Morgan fingerprint density at radius 2 is 1.58 bits per heavy atom. The average molecular weight is 452 g/mol. The molecule has 178 valence electrons. The van der Waals surface area contributed by atoms with Crippen molar-refractivity contribution in [1.82, 2.24) is 14.7 Å². The first-order valence-electron chi connectivity index (χ1n) is 11.7. The Hall–Kier alpha value is -2.67. The molecule has 1 atom stereocenters. The third-order valence-corrected chi connectivity index (χ3v) is 5.19. The van der Waals surface area contributed by atoms with E-state index in [0.717, 1.165) is 29.1 Å². The molecule has 0 amide bonds. The second-order valence-electron chi connectivity index (χ2n) is 9.16. The number of benzene rings is 2. The van der Waals surface area contributed by atoms with E-state index >= 15 is 0 Å². The van der Waals surface area contributed by atoms with E-state index in [-0.39, 0.29) is 6.10 Å². The van der Waals surface area contributed by atoms with Crippen molar-refractivity contribution in [1.29, 1.82) is 0 Å². The van der Waals surface area contributed by atoms with E-state index in [2.05, 4.69) is 30.9 Å². The molecule has 0 aliphatic rings. The highest BCUT2D eigenvalue weighted by Crippen LogP contribution is 2.34. The van der Waals surface area contributed by atoms with Crippen molar-refractivity contribution in [3.8, 4) is 22.9 Å². The summed E-state index contributed by atoms with van der Waals surface area (Å²) in [5.74, 6) is 1.92. The van der Waals surface area contributed by atoms with Gasteiger partial charge in [0, 0.05) is 32.2 Å². The smallest absolute Gasteiger partial charge is 0.222 e. The van der Waals surface area contributed by atoms with Gasteiger partial charge < -0.3 is 14.6 Å². The summed E-state index contributed by atoms with van der Waals surface area (Å²) < 4.78 is 13.8. The molecule has 1 N–H and O–H groups in total. The molecule has 0 saturated carbocycles. The minimum Gasteiger partial charge on any atom is -0.439 e. The number of hydrogen-bond donors (Lipinski definition) is 1. The van der Waals surface area contributed by atoms with Gasteiger partial charge >= 0.3 is 0 Å². The van der Waals surface area contributed by atoms with Gasteiger partial charge in [-0.25, -0.2) is 4.68 Å². The zero-order chi connectivity index (χ0) is 23.8. The monoisotopic (exact) mass is 451 g/mol. The van der Waals surface area contributed by atoms with Gasteiger partial charge in [0.15, 0.2) is 0 Å². The maximum Gasteiger partial charge on any atom is 0.222 e. The van der Waals surface area contributed by atoms with Crippen LogP contribution in [-0.2, 0) is 18.3 Å². The zero-order valence-electron chi connectivity index (χ0n) is 20.4. The first-order chi connectivity index (χ1) is 15.8. The fourth-order valence-electron chi connectivity index (χ4n) is 3.85. The van der Waals surface area contributed by atoms with Crippen LogP contribution in [0.3, 0.4) is 0 Å². The molecular weight excluding hydrogens is 414 g/mol. The van der Waals surface area contributed by atoms with E-state index < -0.39 is 6.10 Å². The standard InChI is InChI=1S/C27H37N3O3/c1-20(2)16-30(17-23(31)19-32-21(3)4)18-25-26(22-12-8-6-9-13-22)28-29(5)27(25)33-24-14-10-7-11-15-24/h6-15,20-21,23,31H,16-19H2,1-5H3/t23-/m1/s1. The van der Waals surface area contributed by atoms with Crippen molar-refractivity contribution < 1.29 is 14.6 Å². The lowest BCUT2D eigenvalue weighted by molar-refractivity contribution is -0.0109. The summed E-state index contributed by atoms with van der Waals surface area (Å²) >= 11 is 0. The highest BCUT2D eigenvalue weighted by atomic mass is 16.5. The van der Waals surface area contributed by atoms with Crippen molar-refractivity contribution in [2.75, 3.05) is 19.7 Å². The number of rotatable bonds is 12. The minimum absolute atomic E-state index is 0.0899. The SMILES string of the molecule is CC(C)CN(Cc1c(-c2ccccc2)nn(C)c1Oc1ccccc1)C[C@@H](O)COC(C)C. The number of para-hydroxylation sites is 1. The normalized spacial score (nSPS) is 12.6. The van der Waals surface area contributed by atoms with Crippen molar-refractivity contribution in [2.45, 2.75) is 46.4 Å². The predicted molar refractivity (Wildman–Crippen MR) is 132 cm³/mol. The first kappa shape index (κ1) is 25.0. The Morgan fingerprint density at radius 3 is 2.18 bits per heavy atom. The van der Waals surface area contributed by atoms with Crippen LogP contribution in [0.1, 0.15) is 33.3 Å². The Balaban J connectivity index is 1.94. The summed E-state index contributed by atoms with van der Waals surface area (Å²) in [5, 5.41) is 15.5. The third-order valence-electron chi connectivity index (χ3n) is 5.19. The number of nitrogens with zero attached hydrogens (tertiary/aromatic N) is 3. The molecule has 0 bridgehead atoms. The zero-order valence-corrected chi connectivity index (χ0v) is 20.4. The van der Waals surface area contributed by atoms with Crippen LogP contribution < -0.4 is 4.74 Å². The summed E-state index contributed by atoms with van der Waals surface area (Å²) in [6, 6.07) is 19.9. The number of hydrogen-bond acceptors (Lipinski definition) is 5. The van der Waals surface area contributed by atoms with Crippen molar-refractivity contribution >= 4 is 0 Å². The topological polar surface area (TPSA) is 59.8 Å². The van der Waals surface area contributed by atoms with Gasteiger partial charge in [-0.05, 0) is 31.9 Å². The summed E-state index contributed by atoms with van der Waals surface area (Å²) in [6.07, 6.45) is -0.478. The molecule has 6 nitrogen and oxygen atoms in total. The van der Waals surface area contributed by atoms with Gasteiger partial charge in [0.2, 0.25) is 5.88 Å². The molecule has 0 radical (unpaired) electrons. The summed E-state index contributed by atoms with van der Waals surface area (Å²) in [4.78, 5) is 2.26. The van der Waals surface area contributed by atoms with Crippen LogP contribution in [0.5, 0.6) is 11.6 Å². The highest BCUT2D eigenvalue weighted by Gasteiger charge is 2.24. The molecule has 0 aliphatic carbocycles. The number of aliphatic hydroxyl groups is 1. The van der Waals surface area contributed by atoms with E-state index in [1.165, 1.54) is 0 Å². The van der Waals surface area contributed by atoms with Crippen molar-refractivity contribution in [3.63, 3.8) is 0 Å². The molecule has 1 heterocycles. The molecule has 0 aliphatic heterocycles. The summed E-state index contributed by atoms with van der Waals surface area (Å²) in [7, 11) is 1.91. The lowest BCUT2D eigenvalue weighted by Crippen LogP contribution is -2.37. The fraction of sp³-hybridized carbons (Fsp3) is 0.444. The van der Waals surface area contributed by atoms with E-state index in [4.69, 9.17) is 14.6 Å². The quantitative estimate of drug-likeness (QED) is 0.414. The van der Waals surface area contributed by atoms with E-state index in [9.17, 15) is 5.11 Å². The Morgan fingerprint density at radius 1 is 0.939 bits per heavy atom. The van der Waals surface area contributed by atoms with Crippen LogP contribution in [0.25, 0.3) is 11.3 Å². The Labute approximate surface area is 197 Å². The van der Waals surface area contributed by atoms with Gasteiger partial charge in [-0.1, -0.05) is 62.4 Å². The van der Waals surface area contributed by atoms with Gasteiger partial charge in [-0.15, -0.1) is 0 Å². The van der Waals surface area contributed by atoms with Gasteiger partial charge in [0.25, 0.3) is 0 Å². The molecule has 0 saturated heterocycles. The highest BCUT2D eigenvalue weighted by molar-refractivity contribution is 5.65. The predicted octanol–water partition coefficient (Wildman–Crippen LogP) is 5.12. The number of aliphatic hydroxyl groups excluding tert-OH is 1. The number of aromatic nitrogens is 2. The van der Waals surface area contributed by atoms with Crippen molar-refractivity contribution in [3.05, 3.63) is 66.2 Å². The average Bonchev–Trinajstić information content (AvgIpc) is 3.08. The van der Waals surface area contributed by atoms with E-state index in [0.29, 0.717) is 31.5 Å². The van der Waals surface area contributed by atoms with Gasteiger partial charge in [0.1, 0.15) is 11.4 Å². The van der Waals surface area contributed by atoms with Crippen LogP contribution >= 0.6 is 0 Å². The van der Waals surface area contributed by atoms with Crippen LogP contribution in [-0.4, -0.2) is 51.7 Å². The third kappa shape index (κ3) is 7.42. The Kier molecular flexibility index (Phi) is 9.06. The lowest BCUT2D eigenvalue weighted by atomic mass is 10.1. The number of aryl methyl sites for hydroxylation is 1. The second-order valence-corrected chi connectivity index (χ2v) is 9.16. The molecule has 3 rings (SSSR count). The molecule has 1 aromatic heterocycles. The molecule has 0 fully saturated rings. The number of ether oxygens (including phenoxy) is 2. The van der Waals surface area contributed by atoms with Crippen LogP contribution in [0, 0.1) is 5.92 Å². The molecule has 6 heteroatoms. The van der Waals surface area contributed by atoms with Gasteiger partial charge in [-0.3, -0.25) is 4.90 Å². The largest absolute Gasteiger partial charge is 0.439 e. The molecule has 0 unspecified atom stereocenters. The minimum atomic E-state index is -0.568. The maximum absolute atomic E-state index is 10.6. The van der Waals surface area contributed by atoms with Gasteiger partial charge in [-0.2, -0.15) is 5.10 Å².